The first-order valence-corrected chi connectivity index (χ1v) is 9.94. The summed E-state index contributed by atoms with van der Waals surface area (Å²) in [6, 6.07) is 11.9. The van der Waals surface area contributed by atoms with Crippen LogP contribution < -0.4 is 5.32 Å². The number of rotatable bonds is 5. The molecule has 8 heteroatoms. The van der Waals surface area contributed by atoms with Gasteiger partial charge in [-0.25, -0.2) is 9.37 Å². The molecule has 0 aliphatic carbocycles. The van der Waals surface area contributed by atoms with Gasteiger partial charge < -0.3 is 14.1 Å². The average Bonchev–Trinajstić information content (AvgIpc) is 3.46. The van der Waals surface area contributed by atoms with E-state index in [4.69, 9.17) is 4.42 Å². The molecule has 1 aromatic carbocycles. The number of amides is 1. The fourth-order valence-electron chi connectivity index (χ4n) is 3.52. The second kappa shape index (κ2) is 8.07. The van der Waals surface area contributed by atoms with Crippen LogP contribution in [0.5, 0.6) is 0 Å². The summed E-state index contributed by atoms with van der Waals surface area (Å²) < 4.78 is 20.4. The summed E-state index contributed by atoms with van der Waals surface area (Å²) in [5.74, 6) is -0.561. The van der Waals surface area contributed by atoms with Crippen molar-refractivity contribution in [3.8, 4) is 22.5 Å². The Labute approximate surface area is 182 Å². The van der Waals surface area contributed by atoms with E-state index in [0.717, 1.165) is 22.3 Å². The van der Waals surface area contributed by atoms with Crippen molar-refractivity contribution in [3.63, 3.8) is 0 Å². The van der Waals surface area contributed by atoms with Crippen molar-refractivity contribution in [2.24, 2.45) is 0 Å². The minimum Gasteiger partial charge on any atom is -0.451 e. The fraction of sp³-hybridized carbons (Fsp3) is 0.0833. The molecule has 158 valence electrons. The number of benzene rings is 1. The van der Waals surface area contributed by atoms with Gasteiger partial charge in [-0.15, -0.1) is 0 Å². The average molecular weight is 427 g/mol. The summed E-state index contributed by atoms with van der Waals surface area (Å²) in [5, 5.41) is 2.90. The SMILES string of the molecule is Cc1cnc(CNC(=O)c2cc3ccc(-c4ccc(F)cc4)cn3c2-c2cocn2)cn1. The third-order valence-corrected chi connectivity index (χ3v) is 5.13. The predicted octanol–water partition coefficient (Wildman–Crippen LogP) is 4.43. The summed E-state index contributed by atoms with van der Waals surface area (Å²) >= 11 is 0. The molecular formula is C24H18FN5O2. The van der Waals surface area contributed by atoms with Crippen molar-refractivity contribution >= 4 is 11.4 Å². The number of aromatic nitrogens is 4. The molecule has 0 radical (unpaired) electrons. The molecule has 0 aliphatic rings. The molecule has 0 bridgehead atoms. The van der Waals surface area contributed by atoms with Crippen LogP contribution >= 0.6 is 0 Å². The molecule has 0 unspecified atom stereocenters. The minimum atomic E-state index is -0.295. The summed E-state index contributed by atoms with van der Waals surface area (Å²) in [4.78, 5) is 25.8. The van der Waals surface area contributed by atoms with Crippen LogP contribution in [0.3, 0.4) is 0 Å². The summed E-state index contributed by atoms with van der Waals surface area (Å²) in [7, 11) is 0. The summed E-state index contributed by atoms with van der Waals surface area (Å²) in [6.07, 6.45) is 8.01. The summed E-state index contributed by atoms with van der Waals surface area (Å²) in [5.41, 5.74) is 5.60. The third-order valence-electron chi connectivity index (χ3n) is 5.13. The Morgan fingerprint density at radius 3 is 2.59 bits per heavy atom. The van der Waals surface area contributed by atoms with Crippen molar-refractivity contribution in [2.45, 2.75) is 13.5 Å². The third kappa shape index (κ3) is 3.74. The van der Waals surface area contributed by atoms with Crippen LogP contribution in [-0.2, 0) is 6.54 Å². The molecule has 7 nitrogen and oxygen atoms in total. The molecule has 0 fully saturated rings. The van der Waals surface area contributed by atoms with Crippen molar-refractivity contribution in [2.75, 3.05) is 0 Å². The fourth-order valence-corrected chi connectivity index (χ4v) is 3.52. The van der Waals surface area contributed by atoms with Crippen LogP contribution in [0.2, 0.25) is 0 Å². The first kappa shape index (κ1) is 19.6. The molecule has 0 saturated carbocycles. The van der Waals surface area contributed by atoms with Gasteiger partial charge in [-0.2, -0.15) is 0 Å². The maximum Gasteiger partial charge on any atom is 0.253 e. The molecule has 32 heavy (non-hydrogen) atoms. The molecule has 4 heterocycles. The molecule has 0 atom stereocenters. The van der Waals surface area contributed by atoms with E-state index in [0.29, 0.717) is 22.6 Å². The molecule has 4 aromatic heterocycles. The van der Waals surface area contributed by atoms with Gasteiger partial charge in [0.05, 0.1) is 35.4 Å². The van der Waals surface area contributed by atoms with E-state index >= 15 is 0 Å². The van der Waals surface area contributed by atoms with Crippen LogP contribution in [0.25, 0.3) is 28.0 Å². The largest absolute Gasteiger partial charge is 0.451 e. The maximum absolute atomic E-state index is 13.3. The number of pyridine rings is 1. The van der Waals surface area contributed by atoms with Gasteiger partial charge in [0, 0.05) is 17.9 Å². The lowest BCUT2D eigenvalue weighted by atomic mass is 10.1. The molecule has 1 amide bonds. The normalized spacial score (nSPS) is 11.1. The number of aryl methyl sites for hydroxylation is 1. The highest BCUT2D eigenvalue weighted by atomic mass is 19.1. The lowest BCUT2D eigenvalue weighted by Gasteiger charge is -2.08. The van der Waals surface area contributed by atoms with Crippen molar-refractivity contribution in [3.05, 3.63) is 96.5 Å². The van der Waals surface area contributed by atoms with Gasteiger partial charge in [-0.3, -0.25) is 14.8 Å². The first-order valence-electron chi connectivity index (χ1n) is 9.94. The Morgan fingerprint density at radius 2 is 1.88 bits per heavy atom. The zero-order valence-electron chi connectivity index (χ0n) is 17.1. The highest BCUT2D eigenvalue weighted by Gasteiger charge is 2.20. The lowest BCUT2D eigenvalue weighted by Crippen LogP contribution is -2.23. The zero-order valence-corrected chi connectivity index (χ0v) is 17.1. The predicted molar refractivity (Wildman–Crippen MR) is 116 cm³/mol. The molecule has 0 spiro atoms. The number of hydrogen-bond acceptors (Lipinski definition) is 5. The Hall–Kier alpha value is -4.33. The zero-order chi connectivity index (χ0) is 22.1. The number of nitrogens with one attached hydrogen (secondary N) is 1. The number of hydrogen-bond donors (Lipinski definition) is 1. The van der Waals surface area contributed by atoms with Gasteiger partial charge in [-0.05, 0) is 42.3 Å². The van der Waals surface area contributed by atoms with E-state index in [9.17, 15) is 9.18 Å². The van der Waals surface area contributed by atoms with Crippen LogP contribution in [0.4, 0.5) is 4.39 Å². The Morgan fingerprint density at radius 1 is 1.06 bits per heavy atom. The van der Waals surface area contributed by atoms with E-state index in [-0.39, 0.29) is 18.3 Å². The van der Waals surface area contributed by atoms with Crippen molar-refractivity contribution in [1.82, 2.24) is 24.7 Å². The maximum atomic E-state index is 13.3. The smallest absolute Gasteiger partial charge is 0.253 e. The number of halogens is 1. The van der Waals surface area contributed by atoms with Gasteiger partial charge in [0.15, 0.2) is 6.39 Å². The van der Waals surface area contributed by atoms with Crippen LogP contribution in [-0.4, -0.2) is 25.3 Å². The molecule has 0 saturated heterocycles. The highest BCUT2D eigenvalue weighted by molar-refractivity contribution is 6.02. The number of fused-ring (bicyclic) bond motifs is 1. The van der Waals surface area contributed by atoms with E-state index < -0.39 is 0 Å². The van der Waals surface area contributed by atoms with E-state index in [1.165, 1.54) is 24.8 Å². The Kier molecular flexibility index (Phi) is 4.95. The summed E-state index contributed by atoms with van der Waals surface area (Å²) in [6.45, 7) is 2.10. The monoisotopic (exact) mass is 427 g/mol. The van der Waals surface area contributed by atoms with Crippen LogP contribution in [0.1, 0.15) is 21.7 Å². The molecule has 0 aliphatic heterocycles. The van der Waals surface area contributed by atoms with Gasteiger partial charge in [0.1, 0.15) is 17.8 Å². The first-order chi connectivity index (χ1) is 15.6. The minimum absolute atomic E-state index is 0.247. The van der Waals surface area contributed by atoms with E-state index in [1.54, 1.807) is 30.6 Å². The Bertz CT molecular complexity index is 1390. The molecular weight excluding hydrogens is 409 g/mol. The highest BCUT2D eigenvalue weighted by Crippen LogP contribution is 2.29. The van der Waals surface area contributed by atoms with Crippen LogP contribution in [0.15, 0.2) is 78.1 Å². The number of carbonyl (C=O) groups is 1. The van der Waals surface area contributed by atoms with Crippen LogP contribution in [0, 0.1) is 12.7 Å². The topological polar surface area (TPSA) is 85.3 Å². The molecule has 1 N–H and O–H groups in total. The van der Waals surface area contributed by atoms with Gasteiger partial charge in [0.25, 0.3) is 5.91 Å². The molecule has 5 rings (SSSR count). The van der Waals surface area contributed by atoms with Crippen molar-refractivity contribution in [1.29, 1.82) is 0 Å². The second-order valence-corrected chi connectivity index (χ2v) is 7.33. The lowest BCUT2D eigenvalue weighted by molar-refractivity contribution is 0.0951. The van der Waals surface area contributed by atoms with Gasteiger partial charge in [-0.1, -0.05) is 18.2 Å². The van der Waals surface area contributed by atoms with Gasteiger partial charge >= 0.3 is 0 Å². The van der Waals surface area contributed by atoms with E-state index in [1.807, 2.05) is 29.7 Å². The standard InChI is InChI=1S/C24H18FN5O2/c1-15-9-27-19(10-26-15)11-28-24(31)21-8-20-7-4-17(16-2-5-18(25)6-3-16)12-30(20)23(21)22-13-32-14-29-22/h2-10,12-14H,11H2,1H3,(H,28,31). The number of oxazole rings is 1. The molecule has 5 aromatic rings. The quantitative estimate of drug-likeness (QED) is 0.449. The Balaban J connectivity index is 1.54. The number of nitrogens with zero attached hydrogens (tertiary/aromatic N) is 4. The van der Waals surface area contributed by atoms with Gasteiger partial charge in [0.2, 0.25) is 0 Å². The number of carbonyl (C=O) groups excluding carboxylic acids is 1. The van der Waals surface area contributed by atoms with E-state index in [2.05, 4.69) is 20.3 Å². The van der Waals surface area contributed by atoms with Crippen molar-refractivity contribution < 1.29 is 13.6 Å². The second-order valence-electron chi connectivity index (χ2n) is 7.33.